The quantitative estimate of drug-likeness (QED) is 0.350. The number of pyridine rings is 1. The number of aryl methyl sites for hydroxylation is 3. The summed E-state index contributed by atoms with van der Waals surface area (Å²) in [5.41, 5.74) is 4.85. The molecule has 0 radical (unpaired) electrons. The van der Waals surface area contributed by atoms with Gasteiger partial charge in [-0.15, -0.1) is 0 Å². The van der Waals surface area contributed by atoms with E-state index in [1.54, 1.807) is 14.2 Å². The summed E-state index contributed by atoms with van der Waals surface area (Å²) in [5, 5.41) is 5.84. The van der Waals surface area contributed by atoms with E-state index >= 15 is 0 Å². The second-order valence-electron chi connectivity index (χ2n) is 8.02. The van der Waals surface area contributed by atoms with E-state index in [2.05, 4.69) is 36.3 Å². The molecule has 3 aromatic carbocycles. The maximum absolute atomic E-state index is 5.94. The molecule has 5 heteroatoms. The van der Waals surface area contributed by atoms with Crippen molar-refractivity contribution in [1.29, 1.82) is 0 Å². The molecule has 4 aromatic rings. The second kappa shape index (κ2) is 6.51. The molecule has 0 atom stereocenters. The summed E-state index contributed by atoms with van der Waals surface area (Å²) in [5.74, 6) is 3.21. The summed E-state index contributed by atoms with van der Waals surface area (Å²) in [6, 6.07) is 8.60. The maximum Gasteiger partial charge on any atom is 0.231 e. The number of methoxy groups -OCH3 is 2. The van der Waals surface area contributed by atoms with E-state index in [0.29, 0.717) is 0 Å². The minimum Gasteiger partial charge on any atom is -0.493 e. The van der Waals surface area contributed by atoms with Gasteiger partial charge in [-0.25, -0.2) is 0 Å². The summed E-state index contributed by atoms with van der Waals surface area (Å²) >= 11 is 0. The number of aromatic nitrogens is 1. The smallest absolute Gasteiger partial charge is 0.231 e. The van der Waals surface area contributed by atoms with Crippen LogP contribution >= 0.6 is 0 Å². The molecule has 5 nitrogen and oxygen atoms in total. The molecule has 2 aliphatic heterocycles. The zero-order chi connectivity index (χ0) is 21.3. The third kappa shape index (κ3) is 2.23. The van der Waals surface area contributed by atoms with Crippen LogP contribution in [0.5, 0.6) is 23.0 Å². The number of benzene rings is 3. The van der Waals surface area contributed by atoms with Gasteiger partial charge in [0.1, 0.15) is 5.39 Å². The molecule has 156 valence electrons. The van der Waals surface area contributed by atoms with Gasteiger partial charge in [0.2, 0.25) is 18.0 Å². The van der Waals surface area contributed by atoms with Gasteiger partial charge in [-0.2, -0.15) is 4.57 Å². The van der Waals surface area contributed by atoms with Crippen LogP contribution in [0.1, 0.15) is 23.7 Å². The minimum absolute atomic E-state index is 0.279. The highest BCUT2D eigenvalue weighted by Gasteiger charge is 2.33. The molecule has 1 aromatic heterocycles. The van der Waals surface area contributed by atoms with E-state index < -0.39 is 0 Å². The van der Waals surface area contributed by atoms with Crippen molar-refractivity contribution < 1.29 is 23.5 Å². The Balaban J connectivity index is 1.92. The van der Waals surface area contributed by atoms with Crippen LogP contribution in [0.15, 0.2) is 30.8 Å². The predicted octanol–water partition coefficient (Wildman–Crippen LogP) is 4.94. The fraction of sp³-hybridized carbons (Fsp3) is 0.269. The first-order valence-electron chi connectivity index (χ1n) is 10.7. The highest BCUT2D eigenvalue weighted by molar-refractivity contribution is 6.19. The van der Waals surface area contributed by atoms with Gasteiger partial charge in [-0.1, -0.05) is 13.5 Å². The first kappa shape index (κ1) is 18.3. The summed E-state index contributed by atoms with van der Waals surface area (Å²) in [4.78, 5) is 0. The standard InChI is InChI=1S/C26H24NO4/c1-5-14-11-17-16-7-8-19(28-3)25(29-4)23(16)18(6-2)27-10-9-15-12-20-26(31-13-30-20)22(14)21(15)24(17)27/h6-8,11-12H,2,5,9-10,13H2,1,3-4H3/q+1. The Morgan fingerprint density at radius 2 is 1.94 bits per heavy atom. The van der Waals surface area contributed by atoms with Crippen LogP contribution in [0.4, 0.5) is 0 Å². The number of rotatable bonds is 4. The van der Waals surface area contributed by atoms with Crippen molar-refractivity contribution in [2.24, 2.45) is 0 Å². The molecule has 0 spiro atoms. The molecule has 0 saturated heterocycles. The van der Waals surface area contributed by atoms with Gasteiger partial charge in [0.05, 0.1) is 25.0 Å². The SMILES string of the molecule is C=Cc1c2c(OC)c(OC)ccc2c2cc(CC)c3c4c(cc5c3c2[n+]1CC5)OCO4. The lowest BCUT2D eigenvalue weighted by atomic mass is 9.88. The molecule has 0 fully saturated rings. The van der Waals surface area contributed by atoms with Crippen LogP contribution < -0.4 is 23.5 Å². The zero-order valence-electron chi connectivity index (χ0n) is 18.0. The summed E-state index contributed by atoms with van der Waals surface area (Å²) in [7, 11) is 3.37. The summed E-state index contributed by atoms with van der Waals surface area (Å²) < 4.78 is 25.5. The van der Waals surface area contributed by atoms with E-state index in [-0.39, 0.29) is 6.79 Å². The fourth-order valence-corrected chi connectivity index (χ4v) is 5.42. The second-order valence-corrected chi connectivity index (χ2v) is 8.02. The largest absolute Gasteiger partial charge is 0.493 e. The van der Waals surface area contributed by atoms with Gasteiger partial charge < -0.3 is 18.9 Å². The molecular weight excluding hydrogens is 390 g/mol. The highest BCUT2D eigenvalue weighted by Crippen LogP contribution is 2.48. The third-order valence-electron chi connectivity index (χ3n) is 6.71. The molecule has 6 rings (SSSR count). The Morgan fingerprint density at radius 1 is 1.06 bits per heavy atom. The molecule has 2 aliphatic rings. The normalized spacial score (nSPS) is 14.0. The number of nitrogens with zero attached hydrogens (tertiary/aromatic N) is 1. The Bertz CT molecular complexity index is 1440. The minimum atomic E-state index is 0.279. The number of hydrogen-bond acceptors (Lipinski definition) is 4. The fourth-order valence-electron chi connectivity index (χ4n) is 5.42. The van der Waals surface area contributed by atoms with Gasteiger partial charge >= 0.3 is 0 Å². The van der Waals surface area contributed by atoms with Crippen molar-refractivity contribution in [3.63, 3.8) is 0 Å². The van der Waals surface area contributed by atoms with Crippen molar-refractivity contribution in [1.82, 2.24) is 0 Å². The number of ether oxygens (including phenoxy) is 4. The Morgan fingerprint density at radius 3 is 2.68 bits per heavy atom. The van der Waals surface area contributed by atoms with Crippen molar-refractivity contribution >= 4 is 38.5 Å². The Labute approximate surface area is 180 Å². The molecule has 3 heterocycles. The first-order valence-corrected chi connectivity index (χ1v) is 10.7. The lowest BCUT2D eigenvalue weighted by molar-refractivity contribution is -0.671. The van der Waals surface area contributed by atoms with Crippen molar-refractivity contribution in [3.8, 4) is 23.0 Å². The maximum atomic E-state index is 5.94. The number of hydrogen-bond donors (Lipinski definition) is 0. The van der Waals surface area contributed by atoms with Crippen molar-refractivity contribution in [2.45, 2.75) is 26.3 Å². The van der Waals surface area contributed by atoms with E-state index in [9.17, 15) is 0 Å². The van der Waals surface area contributed by atoms with Crippen LogP contribution in [-0.2, 0) is 19.4 Å². The highest BCUT2D eigenvalue weighted by atomic mass is 16.7. The molecule has 31 heavy (non-hydrogen) atoms. The lowest BCUT2D eigenvalue weighted by Gasteiger charge is -2.21. The average molecular weight is 414 g/mol. The van der Waals surface area contributed by atoms with E-state index in [1.807, 2.05) is 12.1 Å². The number of fused-ring (bicyclic) bond motifs is 4. The van der Waals surface area contributed by atoms with E-state index in [4.69, 9.17) is 18.9 Å². The summed E-state index contributed by atoms with van der Waals surface area (Å²) in [6.45, 7) is 7.49. The third-order valence-corrected chi connectivity index (χ3v) is 6.71. The lowest BCUT2D eigenvalue weighted by Crippen LogP contribution is -2.41. The molecule has 0 unspecified atom stereocenters. The van der Waals surface area contributed by atoms with Crippen LogP contribution in [-0.4, -0.2) is 21.0 Å². The molecule has 0 aliphatic carbocycles. The average Bonchev–Trinajstić information content (AvgIpc) is 3.28. The molecule has 0 N–H and O–H groups in total. The van der Waals surface area contributed by atoms with E-state index in [1.165, 1.54) is 32.8 Å². The van der Waals surface area contributed by atoms with Crippen LogP contribution in [0.2, 0.25) is 0 Å². The zero-order valence-corrected chi connectivity index (χ0v) is 18.0. The molecule has 0 amide bonds. The van der Waals surface area contributed by atoms with Crippen molar-refractivity contribution in [3.05, 3.63) is 47.7 Å². The Hall–Kier alpha value is -3.47. The monoisotopic (exact) mass is 414 g/mol. The first-order chi connectivity index (χ1) is 15.2. The van der Waals surface area contributed by atoms with Crippen LogP contribution in [0.3, 0.4) is 0 Å². The van der Waals surface area contributed by atoms with Crippen LogP contribution in [0.25, 0.3) is 38.5 Å². The topological polar surface area (TPSA) is 40.8 Å². The Kier molecular flexibility index (Phi) is 3.85. The molecule has 0 saturated carbocycles. The predicted molar refractivity (Wildman–Crippen MR) is 122 cm³/mol. The van der Waals surface area contributed by atoms with E-state index in [0.717, 1.165) is 58.9 Å². The van der Waals surface area contributed by atoms with Gasteiger partial charge in [0.25, 0.3) is 0 Å². The van der Waals surface area contributed by atoms with Gasteiger partial charge in [0.15, 0.2) is 29.5 Å². The van der Waals surface area contributed by atoms with Gasteiger partial charge in [-0.05, 0) is 41.8 Å². The van der Waals surface area contributed by atoms with Crippen molar-refractivity contribution in [2.75, 3.05) is 21.0 Å². The van der Waals surface area contributed by atoms with Gasteiger partial charge in [0, 0.05) is 23.3 Å². The molecular formula is C26H24NO4+. The molecule has 0 bridgehead atoms. The van der Waals surface area contributed by atoms with Crippen LogP contribution in [0, 0.1) is 0 Å². The van der Waals surface area contributed by atoms with Gasteiger partial charge in [-0.3, -0.25) is 0 Å². The summed E-state index contributed by atoms with van der Waals surface area (Å²) in [6.07, 6.45) is 3.76.